The summed E-state index contributed by atoms with van der Waals surface area (Å²) >= 11 is 0. The molecule has 1 fully saturated rings. The summed E-state index contributed by atoms with van der Waals surface area (Å²) in [4.78, 5) is 24.0. The fourth-order valence-electron chi connectivity index (χ4n) is 3.09. The van der Waals surface area contributed by atoms with E-state index in [4.69, 9.17) is 4.74 Å². The van der Waals surface area contributed by atoms with Crippen LogP contribution in [-0.2, 0) is 4.74 Å². The summed E-state index contributed by atoms with van der Waals surface area (Å²) in [6.45, 7) is 1.92. The number of benzene rings is 2. The van der Waals surface area contributed by atoms with Crippen molar-refractivity contribution in [2.24, 2.45) is 0 Å². The van der Waals surface area contributed by atoms with Crippen LogP contribution < -0.4 is 0 Å². The molecule has 4 heteroatoms. The average molecular weight is 298 g/mol. The minimum absolute atomic E-state index is 0.00898. The lowest BCUT2D eigenvalue weighted by atomic mass is 10.00. The number of aromatic carboxylic acids is 1. The van der Waals surface area contributed by atoms with E-state index in [-0.39, 0.29) is 11.1 Å². The van der Waals surface area contributed by atoms with E-state index in [0.717, 1.165) is 36.5 Å². The number of hydrogen-bond donors (Lipinski definition) is 1. The zero-order valence-electron chi connectivity index (χ0n) is 12.5. The summed E-state index contributed by atoms with van der Waals surface area (Å²) in [5.74, 6) is -1.66. The second-order valence-corrected chi connectivity index (χ2v) is 6.10. The van der Waals surface area contributed by atoms with Crippen molar-refractivity contribution in [1.82, 2.24) is 0 Å². The lowest BCUT2D eigenvalue weighted by Crippen LogP contribution is -2.28. The van der Waals surface area contributed by atoms with E-state index in [0.29, 0.717) is 0 Å². The molecule has 0 aromatic heterocycles. The molecule has 4 nitrogen and oxygen atoms in total. The molecule has 0 heterocycles. The number of esters is 1. The number of carboxylic acid groups (broad SMARTS) is 1. The highest BCUT2D eigenvalue weighted by molar-refractivity contribution is 6.06. The minimum Gasteiger partial charge on any atom is -0.478 e. The molecule has 22 heavy (non-hydrogen) atoms. The second-order valence-electron chi connectivity index (χ2n) is 6.10. The van der Waals surface area contributed by atoms with Gasteiger partial charge in [0.25, 0.3) is 0 Å². The Morgan fingerprint density at radius 2 is 1.59 bits per heavy atom. The third-order valence-electron chi connectivity index (χ3n) is 4.34. The Labute approximate surface area is 128 Å². The monoisotopic (exact) mass is 298 g/mol. The maximum Gasteiger partial charge on any atom is 0.339 e. The fraction of sp³-hybridized carbons (Fsp3) is 0.333. The van der Waals surface area contributed by atoms with Crippen LogP contribution in [-0.4, -0.2) is 22.6 Å². The van der Waals surface area contributed by atoms with Gasteiger partial charge in [0.2, 0.25) is 0 Å². The molecule has 1 aliphatic rings. The number of ether oxygens (including phenoxy) is 1. The van der Waals surface area contributed by atoms with Gasteiger partial charge in [0.05, 0.1) is 11.1 Å². The van der Waals surface area contributed by atoms with Gasteiger partial charge in [-0.15, -0.1) is 0 Å². The van der Waals surface area contributed by atoms with E-state index < -0.39 is 17.5 Å². The lowest BCUT2D eigenvalue weighted by Gasteiger charge is -2.24. The van der Waals surface area contributed by atoms with Gasteiger partial charge in [-0.3, -0.25) is 0 Å². The lowest BCUT2D eigenvalue weighted by molar-refractivity contribution is -0.00635. The molecular formula is C18H18O4. The van der Waals surface area contributed by atoms with E-state index in [2.05, 4.69) is 0 Å². The normalized spacial score (nSPS) is 16.6. The molecule has 0 unspecified atom stereocenters. The first-order chi connectivity index (χ1) is 10.5. The zero-order chi connectivity index (χ0) is 15.7. The predicted molar refractivity (Wildman–Crippen MR) is 83.2 cm³/mol. The van der Waals surface area contributed by atoms with Crippen molar-refractivity contribution in [2.45, 2.75) is 38.2 Å². The molecule has 1 N–H and O–H groups in total. The number of fused-ring (bicyclic) bond motifs is 1. The van der Waals surface area contributed by atoms with Crippen LogP contribution >= 0.6 is 0 Å². The molecule has 1 saturated carbocycles. The van der Waals surface area contributed by atoms with Crippen LogP contribution in [0.5, 0.6) is 0 Å². The van der Waals surface area contributed by atoms with Crippen molar-refractivity contribution in [1.29, 1.82) is 0 Å². The molecule has 0 bridgehead atoms. The fourth-order valence-corrected chi connectivity index (χ4v) is 3.09. The standard InChI is InChI=1S/C18H18O4/c1-18(8-4-5-9-18)22-17(21)15-11-13-7-3-2-6-12(13)10-14(15)16(19)20/h2-3,6-7,10-11H,4-5,8-9H2,1H3,(H,19,20). The molecule has 3 rings (SSSR count). The number of carbonyl (C=O) groups excluding carboxylic acids is 1. The Bertz CT molecular complexity index is 742. The van der Waals surface area contributed by atoms with Gasteiger partial charge >= 0.3 is 11.9 Å². The van der Waals surface area contributed by atoms with Crippen molar-refractivity contribution < 1.29 is 19.4 Å². The van der Waals surface area contributed by atoms with Crippen molar-refractivity contribution in [3.8, 4) is 0 Å². The molecule has 0 atom stereocenters. The third kappa shape index (κ3) is 2.69. The zero-order valence-corrected chi connectivity index (χ0v) is 12.5. The summed E-state index contributed by atoms with van der Waals surface area (Å²) in [5.41, 5.74) is -0.358. The number of carbonyl (C=O) groups is 2. The van der Waals surface area contributed by atoms with Crippen molar-refractivity contribution in [3.05, 3.63) is 47.5 Å². The van der Waals surface area contributed by atoms with Gasteiger partial charge in [-0.1, -0.05) is 24.3 Å². The van der Waals surface area contributed by atoms with Gasteiger partial charge in [0, 0.05) is 0 Å². The first-order valence-electron chi connectivity index (χ1n) is 7.48. The molecule has 2 aromatic carbocycles. The highest BCUT2D eigenvalue weighted by Gasteiger charge is 2.34. The average Bonchev–Trinajstić information content (AvgIpc) is 2.92. The van der Waals surface area contributed by atoms with Gasteiger partial charge in [0.1, 0.15) is 5.60 Å². The van der Waals surface area contributed by atoms with Crippen molar-refractivity contribution >= 4 is 22.7 Å². The van der Waals surface area contributed by atoms with E-state index in [1.807, 2.05) is 31.2 Å². The third-order valence-corrected chi connectivity index (χ3v) is 4.34. The molecule has 2 aromatic rings. The van der Waals surface area contributed by atoms with E-state index in [1.165, 1.54) is 6.07 Å². The van der Waals surface area contributed by atoms with E-state index >= 15 is 0 Å². The maximum atomic E-state index is 12.5. The smallest absolute Gasteiger partial charge is 0.339 e. The van der Waals surface area contributed by atoms with Crippen LogP contribution in [0.2, 0.25) is 0 Å². The van der Waals surface area contributed by atoms with Gasteiger partial charge in [-0.25, -0.2) is 9.59 Å². The first-order valence-corrected chi connectivity index (χ1v) is 7.48. The first kappa shape index (κ1) is 14.6. The van der Waals surface area contributed by atoms with Gasteiger partial charge in [-0.2, -0.15) is 0 Å². The van der Waals surface area contributed by atoms with E-state index in [9.17, 15) is 14.7 Å². The van der Waals surface area contributed by atoms with Crippen molar-refractivity contribution in [3.63, 3.8) is 0 Å². The summed E-state index contributed by atoms with van der Waals surface area (Å²) in [5, 5.41) is 11.0. The van der Waals surface area contributed by atoms with Gasteiger partial charge in [-0.05, 0) is 55.5 Å². The predicted octanol–water partition coefficient (Wildman–Crippen LogP) is 4.03. The van der Waals surface area contributed by atoms with Crippen LogP contribution in [0.4, 0.5) is 0 Å². The summed E-state index contributed by atoms with van der Waals surface area (Å²) in [6, 6.07) is 10.5. The molecule has 0 amide bonds. The SMILES string of the molecule is CC1(OC(=O)c2cc3ccccc3cc2C(=O)O)CCCC1. The largest absolute Gasteiger partial charge is 0.478 e. The number of hydrogen-bond acceptors (Lipinski definition) is 3. The number of rotatable bonds is 3. The molecular weight excluding hydrogens is 280 g/mol. The quantitative estimate of drug-likeness (QED) is 0.869. The van der Waals surface area contributed by atoms with Gasteiger partial charge in [0.15, 0.2) is 0 Å². The highest BCUT2D eigenvalue weighted by Crippen LogP contribution is 2.34. The Kier molecular flexibility index (Phi) is 3.61. The van der Waals surface area contributed by atoms with Crippen LogP contribution in [0.3, 0.4) is 0 Å². The van der Waals surface area contributed by atoms with Crippen LogP contribution in [0, 0.1) is 0 Å². The number of carboxylic acids is 1. The van der Waals surface area contributed by atoms with Crippen LogP contribution in [0.1, 0.15) is 53.3 Å². The van der Waals surface area contributed by atoms with Crippen LogP contribution in [0.15, 0.2) is 36.4 Å². The highest BCUT2D eigenvalue weighted by atomic mass is 16.6. The molecule has 0 radical (unpaired) electrons. The minimum atomic E-state index is -1.12. The Morgan fingerprint density at radius 3 is 2.14 bits per heavy atom. The Balaban J connectivity index is 2.02. The molecule has 0 aliphatic heterocycles. The summed E-state index contributed by atoms with van der Waals surface area (Å²) in [6.07, 6.45) is 3.73. The second kappa shape index (κ2) is 5.44. The Hall–Kier alpha value is -2.36. The molecule has 0 saturated heterocycles. The molecule has 114 valence electrons. The Morgan fingerprint density at radius 1 is 1.05 bits per heavy atom. The van der Waals surface area contributed by atoms with Gasteiger partial charge < -0.3 is 9.84 Å². The molecule has 1 aliphatic carbocycles. The van der Waals surface area contributed by atoms with Crippen LogP contribution in [0.25, 0.3) is 10.8 Å². The summed E-state index contributed by atoms with van der Waals surface area (Å²) in [7, 11) is 0. The van der Waals surface area contributed by atoms with E-state index in [1.54, 1.807) is 6.07 Å². The topological polar surface area (TPSA) is 63.6 Å². The van der Waals surface area contributed by atoms with Crippen molar-refractivity contribution in [2.75, 3.05) is 0 Å². The molecule has 0 spiro atoms. The summed E-state index contributed by atoms with van der Waals surface area (Å²) < 4.78 is 5.62. The maximum absolute atomic E-state index is 12.5.